The molecule has 0 amide bonds. The Morgan fingerprint density at radius 2 is 2.21 bits per heavy atom. The van der Waals surface area contributed by atoms with Crippen LogP contribution in [-0.2, 0) is 6.54 Å². The second-order valence-corrected chi connectivity index (χ2v) is 5.23. The Labute approximate surface area is 115 Å². The lowest BCUT2D eigenvalue weighted by molar-refractivity contribution is 0.576. The molecule has 0 unspecified atom stereocenters. The number of anilines is 1. The average Bonchev–Trinajstić information content (AvgIpc) is 2.36. The van der Waals surface area contributed by atoms with Crippen molar-refractivity contribution in [3.63, 3.8) is 0 Å². The van der Waals surface area contributed by atoms with Crippen molar-refractivity contribution in [2.24, 2.45) is 16.6 Å². The number of guanidine groups is 1. The van der Waals surface area contributed by atoms with Crippen molar-refractivity contribution in [2.75, 3.05) is 25.5 Å². The molecule has 1 rings (SSSR count). The van der Waals surface area contributed by atoms with Gasteiger partial charge in [0.15, 0.2) is 5.96 Å². The number of nitrogens with one attached hydrogen (secondary N) is 1. The van der Waals surface area contributed by atoms with E-state index in [4.69, 9.17) is 5.73 Å². The number of pyridine rings is 1. The molecule has 0 saturated carbocycles. The Balaban J connectivity index is 2.48. The van der Waals surface area contributed by atoms with Crippen molar-refractivity contribution in [3.8, 4) is 0 Å². The van der Waals surface area contributed by atoms with Gasteiger partial charge in [-0.2, -0.15) is 0 Å². The van der Waals surface area contributed by atoms with Crippen molar-refractivity contribution < 1.29 is 0 Å². The lowest BCUT2D eigenvalue weighted by Gasteiger charge is -2.11. The van der Waals surface area contributed by atoms with Gasteiger partial charge in [-0.15, -0.1) is 0 Å². The third kappa shape index (κ3) is 6.08. The van der Waals surface area contributed by atoms with Gasteiger partial charge in [-0.25, -0.2) is 9.98 Å². The van der Waals surface area contributed by atoms with Gasteiger partial charge < -0.3 is 16.0 Å². The molecule has 0 bridgehead atoms. The van der Waals surface area contributed by atoms with Gasteiger partial charge in [0.2, 0.25) is 0 Å². The van der Waals surface area contributed by atoms with Gasteiger partial charge in [-0.1, -0.05) is 13.8 Å². The normalized spacial score (nSPS) is 11.7. The van der Waals surface area contributed by atoms with Crippen LogP contribution < -0.4 is 16.0 Å². The van der Waals surface area contributed by atoms with Gasteiger partial charge >= 0.3 is 0 Å². The van der Waals surface area contributed by atoms with E-state index >= 15 is 0 Å². The highest BCUT2D eigenvalue weighted by molar-refractivity contribution is 5.77. The zero-order valence-electron chi connectivity index (χ0n) is 12.3. The summed E-state index contributed by atoms with van der Waals surface area (Å²) in [5.74, 6) is 2.10. The molecule has 1 aromatic rings. The summed E-state index contributed by atoms with van der Waals surface area (Å²) in [6.45, 7) is 5.82. The van der Waals surface area contributed by atoms with Crippen molar-refractivity contribution in [1.82, 2.24) is 10.3 Å². The molecular weight excluding hydrogens is 238 g/mol. The Morgan fingerprint density at radius 1 is 1.47 bits per heavy atom. The van der Waals surface area contributed by atoms with Gasteiger partial charge in [-0.05, 0) is 30.0 Å². The summed E-state index contributed by atoms with van der Waals surface area (Å²) in [6, 6.07) is 3.97. The zero-order chi connectivity index (χ0) is 14.3. The second-order valence-electron chi connectivity index (χ2n) is 5.23. The van der Waals surface area contributed by atoms with E-state index in [9.17, 15) is 0 Å². The standard InChI is InChI=1S/C14H25N5/c1-11(2)5-7-17-14(15)18-10-12-6-8-16-13(9-12)19(3)4/h6,8-9,11H,5,7,10H2,1-4H3,(H3,15,17,18). The highest BCUT2D eigenvalue weighted by atomic mass is 15.1. The van der Waals surface area contributed by atoms with Crippen LogP contribution in [0, 0.1) is 5.92 Å². The molecule has 5 nitrogen and oxygen atoms in total. The van der Waals surface area contributed by atoms with Crippen molar-refractivity contribution in [3.05, 3.63) is 23.9 Å². The van der Waals surface area contributed by atoms with Crippen LogP contribution in [0.5, 0.6) is 0 Å². The molecular formula is C14H25N5. The number of nitrogens with two attached hydrogens (primary N) is 1. The fourth-order valence-electron chi connectivity index (χ4n) is 1.52. The van der Waals surface area contributed by atoms with Crippen LogP contribution in [0.4, 0.5) is 5.82 Å². The smallest absolute Gasteiger partial charge is 0.188 e. The number of aliphatic imine (C=N–C) groups is 1. The van der Waals surface area contributed by atoms with E-state index in [-0.39, 0.29) is 0 Å². The van der Waals surface area contributed by atoms with E-state index in [2.05, 4.69) is 29.1 Å². The van der Waals surface area contributed by atoms with Crippen LogP contribution in [0.15, 0.2) is 23.3 Å². The molecule has 0 saturated heterocycles. The number of rotatable bonds is 6. The summed E-state index contributed by atoms with van der Waals surface area (Å²) in [6.07, 6.45) is 2.89. The van der Waals surface area contributed by atoms with Crippen LogP contribution in [0.1, 0.15) is 25.8 Å². The lowest BCUT2D eigenvalue weighted by atomic mass is 10.1. The van der Waals surface area contributed by atoms with E-state index in [0.29, 0.717) is 18.4 Å². The Bertz CT molecular complexity index is 412. The van der Waals surface area contributed by atoms with Crippen molar-refractivity contribution >= 4 is 11.8 Å². The maximum Gasteiger partial charge on any atom is 0.188 e. The van der Waals surface area contributed by atoms with E-state index in [1.807, 2.05) is 31.1 Å². The second kappa shape index (κ2) is 7.61. The molecule has 5 heteroatoms. The molecule has 0 fully saturated rings. The summed E-state index contributed by atoms with van der Waals surface area (Å²) in [5.41, 5.74) is 6.92. The molecule has 0 radical (unpaired) electrons. The van der Waals surface area contributed by atoms with Crippen LogP contribution in [0.3, 0.4) is 0 Å². The molecule has 3 N–H and O–H groups in total. The quantitative estimate of drug-likeness (QED) is 0.604. The summed E-state index contributed by atoms with van der Waals surface area (Å²) in [7, 11) is 3.94. The molecule has 0 aliphatic rings. The SMILES string of the molecule is CC(C)CCNC(N)=NCc1ccnc(N(C)C)c1. The average molecular weight is 263 g/mol. The molecule has 0 atom stereocenters. The number of nitrogens with zero attached hydrogens (tertiary/aromatic N) is 3. The number of hydrogen-bond acceptors (Lipinski definition) is 3. The van der Waals surface area contributed by atoms with E-state index in [0.717, 1.165) is 24.3 Å². The first-order valence-corrected chi connectivity index (χ1v) is 6.65. The highest BCUT2D eigenvalue weighted by Crippen LogP contribution is 2.10. The molecule has 0 spiro atoms. The van der Waals surface area contributed by atoms with Crippen LogP contribution in [0.25, 0.3) is 0 Å². The Kier molecular flexibility index (Phi) is 6.12. The first-order valence-electron chi connectivity index (χ1n) is 6.65. The maximum atomic E-state index is 5.82. The Morgan fingerprint density at radius 3 is 2.84 bits per heavy atom. The van der Waals surface area contributed by atoms with E-state index in [1.54, 1.807) is 6.20 Å². The van der Waals surface area contributed by atoms with Crippen LogP contribution in [0.2, 0.25) is 0 Å². The van der Waals surface area contributed by atoms with Gasteiger partial charge in [0, 0.05) is 26.8 Å². The molecule has 0 aromatic carbocycles. The predicted octanol–water partition coefficient (Wildman–Crippen LogP) is 1.60. The van der Waals surface area contributed by atoms with E-state index in [1.165, 1.54) is 0 Å². The van der Waals surface area contributed by atoms with Gasteiger partial charge in [-0.3, -0.25) is 0 Å². The number of aromatic nitrogens is 1. The Hall–Kier alpha value is -1.78. The third-order valence-electron chi connectivity index (χ3n) is 2.73. The lowest BCUT2D eigenvalue weighted by Crippen LogP contribution is -2.32. The molecule has 106 valence electrons. The monoisotopic (exact) mass is 263 g/mol. The minimum Gasteiger partial charge on any atom is -0.370 e. The first kappa shape index (κ1) is 15.3. The highest BCUT2D eigenvalue weighted by Gasteiger charge is 1.99. The van der Waals surface area contributed by atoms with Gasteiger partial charge in [0.05, 0.1) is 6.54 Å². The fraction of sp³-hybridized carbons (Fsp3) is 0.571. The van der Waals surface area contributed by atoms with Gasteiger partial charge in [0.25, 0.3) is 0 Å². The molecule has 1 aromatic heterocycles. The topological polar surface area (TPSA) is 66.5 Å². The summed E-state index contributed by atoms with van der Waals surface area (Å²) >= 11 is 0. The summed E-state index contributed by atoms with van der Waals surface area (Å²) in [4.78, 5) is 10.6. The first-order chi connectivity index (χ1) is 8.99. The minimum atomic E-state index is 0.504. The summed E-state index contributed by atoms with van der Waals surface area (Å²) < 4.78 is 0. The largest absolute Gasteiger partial charge is 0.370 e. The maximum absolute atomic E-state index is 5.82. The van der Waals surface area contributed by atoms with Crippen molar-refractivity contribution in [2.45, 2.75) is 26.8 Å². The predicted molar refractivity (Wildman–Crippen MR) is 81.3 cm³/mol. The molecule has 19 heavy (non-hydrogen) atoms. The fourth-order valence-corrected chi connectivity index (χ4v) is 1.52. The summed E-state index contributed by atoms with van der Waals surface area (Å²) in [5, 5.41) is 3.12. The van der Waals surface area contributed by atoms with E-state index < -0.39 is 0 Å². The zero-order valence-corrected chi connectivity index (χ0v) is 12.3. The van der Waals surface area contributed by atoms with Crippen LogP contribution in [-0.4, -0.2) is 31.6 Å². The molecule has 0 aliphatic carbocycles. The van der Waals surface area contributed by atoms with Crippen LogP contribution >= 0.6 is 0 Å². The molecule has 1 heterocycles. The molecule has 0 aliphatic heterocycles. The minimum absolute atomic E-state index is 0.504. The van der Waals surface area contributed by atoms with Gasteiger partial charge in [0.1, 0.15) is 5.82 Å². The van der Waals surface area contributed by atoms with Crippen molar-refractivity contribution in [1.29, 1.82) is 0 Å². The number of hydrogen-bond donors (Lipinski definition) is 2. The third-order valence-corrected chi connectivity index (χ3v) is 2.73.